The predicted octanol–water partition coefficient (Wildman–Crippen LogP) is 2.48. The fourth-order valence-electron chi connectivity index (χ4n) is 1.27. The smallest absolute Gasteiger partial charge is 0.159 e. The van der Waals surface area contributed by atoms with Gasteiger partial charge in [0.2, 0.25) is 0 Å². The Morgan fingerprint density at radius 2 is 2.07 bits per heavy atom. The standard InChI is InChI=1S/C10H16BrN3O/c1-4-7-8(11)9(12)14-10(13-7)6(3)15-5-2/h6H,4-5H2,1-3H3,(H2,12,13,14). The summed E-state index contributed by atoms with van der Waals surface area (Å²) in [7, 11) is 0. The average Bonchev–Trinajstić information content (AvgIpc) is 2.22. The van der Waals surface area contributed by atoms with Crippen LogP contribution in [-0.4, -0.2) is 16.6 Å². The lowest BCUT2D eigenvalue weighted by atomic mass is 10.3. The SMILES string of the molecule is CCOC(C)c1nc(N)c(Br)c(CC)n1. The molecule has 0 radical (unpaired) electrons. The van der Waals surface area contributed by atoms with Crippen LogP contribution in [0.5, 0.6) is 0 Å². The minimum absolute atomic E-state index is 0.115. The summed E-state index contributed by atoms with van der Waals surface area (Å²) in [6.45, 7) is 6.54. The molecular formula is C10H16BrN3O. The fourth-order valence-corrected chi connectivity index (χ4v) is 1.73. The van der Waals surface area contributed by atoms with Crippen LogP contribution in [-0.2, 0) is 11.2 Å². The molecule has 0 saturated heterocycles. The van der Waals surface area contributed by atoms with Gasteiger partial charge in [-0.1, -0.05) is 6.92 Å². The van der Waals surface area contributed by atoms with Crippen molar-refractivity contribution < 1.29 is 4.74 Å². The third-order valence-corrected chi connectivity index (χ3v) is 2.94. The summed E-state index contributed by atoms with van der Waals surface area (Å²) in [5, 5.41) is 0. The molecule has 2 N–H and O–H groups in total. The second kappa shape index (κ2) is 5.42. The molecule has 0 aliphatic rings. The van der Waals surface area contributed by atoms with E-state index in [9.17, 15) is 0 Å². The van der Waals surface area contributed by atoms with Gasteiger partial charge in [-0.15, -0.1) is 0 Å². The highest BCUT2D eigenvalue weighted by atomic mass is 79.9. The first-order valence-electron chi connectivity index (χ1n) is 5.03. The molecule has 1 aromatic rings. The summed E-state index contributed by atoms with van der Waals surface area (Å²) in [4.78, 5) is 8.60. The number of anilines is 1. The van der Waals surface area contributed by atoms with Crippen LogP contribution in [0.3, 0.4) is 0 Å². The topological polar surface area (TPSA) is 61.0 Å². The van der Waals surface area contributed by atoms with Gasteiger partial charge in [-0.3, -0.25) is 0 Å². The first-order valence-corrected chi connectivity index (χ1v) is 5.82. The molecule has 1 unspecified atom stereocenters. The Bertz CT molecular complexity index is 344. The predicted molar refractivity (Wildman–Crippen MR) is 63.6 cm³/mol. The van der Waals surface area contributed by atoms with Gasteiger partial charge in [0.15, 0.2) is 5.82 Å². The van der Waals surface area contributed by atoms with Crippen molar-refractivity contribution in [1.29, 1.82) is 0 Å². The number of halogens is 1. The summed E-state index contributed by atoms with van der Waals surface area (Å²) < 4.78 is 6.22. The Hall–Kier alpha value is -0.680. The molecule has 0 saturated carbocycles. The summed E-state index contributed by atoms with van der Waals surface area (Å²) in [6.07, 6.45) is 0.704. The first-order chi connectivity index (χ1) is 7.10. The second-order valence-corrected chi connectivity index (χ2v) is 3.97. The van der Waals surface area contributed by atoms with Gasteiger partial charge in [-0.25, -0.2) is 9.97 Å². The molecule has 0 aliphatic heterocycles. The maximum Gasteiger partial charge on any atom is 0.159 e. The normalized spacial score (nSPS) is 12.8. The largest absolute Gasteiger partial charge is 0.383 e. The molecule has 1 heterocycles. The monoisotopic (exact) mass is 273 g/mol. The molecule has 0 fully saturated rings. The van der Waals surface area contributed by atoms with Gasteiger partial charge in [-0.05, 0) is 36.2 Å². The van der Waals surface area contributed by atoms with Crippen LogP contribution in [0.2, 0.25) is 0 Å². The molecule has 84 valence electrons. The van der Waals surface area contributed by atoms with Crippen LogP contribution in [0, 0.1) is 0 Å². The molecule has 1 atom stereocenters. The zero-order valence-corrected chi connectivity index (χ0v) is 10.8. The van der Waals surface area contributed by atoms with E-state index in [1.165, 1.54) is 0 Å². The summed E-state index contributed by atoms with van der Waals surface area (Å²) in [5.41, 5.74) is 6.70. The van der Waals surface area contributed by atoms with Crippen molar-refractivity contribution in [2.45, 2.75) is 33.3 Å². The van der Waals surface area contributed by atoms with Gasteiger partial charge in [0.1, 0.15) is 11.9 Å². The number of aromatic nitrogens is 2. The zero-order chi connectivity index (χ0) is 11.4. The minimum Gasteiger partial charge on any atom is -0.383 e. The first kappa shape index (κ1) is 12.4. The highest BCUT2D eigenvalue weighted by molar-refractivity contribution is 9.10. The molecule has 1 rings (SSSR count). The Balaban J connectivity index is 3.05. The number of hydrogen-bond acceptors (Lipinski definition) is 4. The molecule has 0 bridgehead atoms. The van der Waals surface area contributed by atoms with Crippen LogP contribution >= 0.6 is 15.9 Å². The van der Waals surface area contributed by atoms with Crippen molar-refractivity contribution in [2.24, 2.45) is 0 Å². The Morgan fingerprint density at radius 1 is 1.40 bits per heavy atom. The zero-order valence-electron chi connectivity index (χ0n) is 9.25. The van der Waals surface area contributed by atoms with E-state index in [-0.39, 0.29) is 6.10 Å². The van der Waals surface area contributed by atoms with Gasteiger partial charge in [0.05, 0.1) is 10.2 Å². The van der Waals surface area contributed by atoms with Crippen molar-refractivity contribution in [3.63, 3.8) is 0 Å². The Kier molecular flexibility index (Phi) is 4.47. The maximum atomic E-state index is 5.78. The van der Waals surface area contributed by atoms with Crippen molar-refractivity contribution in [1.82, 2.24) is 9.97 Å². The minimum atomic E-state index is -0.115. The summed E-state index contributed by atoms with van der Waals surface area (Å²) >= 11 is 3.37. The quantitative estimate of drug-likeness (QED) is 0.916. The van der Waals surface area contributed by atoms with E-state index in [0.717, 1.165) is 16.6 Å². The number of aryl methyl sites for hydroxylation is 1. The lowest BCUT2D eigenvalue weighted by molar-refractivity contribution is 0.0700. The van der Waals surface area contributed by atoms with E-state index in [0.29, 0.717) is 18.2 Å². The van der Waals surface area contributed by atoms with E-state index in [1.54, 1.807) is 0 Å². The van der Waals surface area contributed by atoms with E-state index in [1.807, 2.05) is 20.8 Å². The maximum absolute atomic E-state index is 5.78. The van der Waals surface area contributed by atoms with Gasteiger partial charge in [-0.2, -0.15) is 0 Å². The summed E-state index contributed by atoms with van der Waals surface area (Å²) in [6, 6.07) is 0. The molecule has 15 heavy (non-hydrogen) atoms. The van der Waals surface area contributed by atoms with Crippen molar-refractivity contribution >= 4 is 21.7 Å². The fraction of sp³-hybridized carbons (Fsp3) is 0.600. The molecule has 0 spiro atoms. The third kappa shape index (κ3) is 2.89. The third-order valence-electron chi connectivity index (χ3n) is 2.08. The van der Waals surface area contributed by atoms with Crippen molar-refractivity contribution in [3.05, 3.63) is 16.0 Å². The van der Waals surface area contributed by atoms with Crippen molar-refractivity contribution in [2.75, 3.05) is 12.3 Å². The van der Waals surface area contributed by atoms with E-state index >= 15 is 0 Å². The van der Waals surface area contributed by atoms with Crippen LogP contribution in [0.1, 0.15) is 38.4 Å². The summed E-state index contributed by atoms with van der Waals surface area (Å²) in [5.74, 6) is 1.12. The highest BCUT2D eigenvalue weighted by Gasteiger charge is 2.13. The molecule has 5 heteroatoms. The lowest BCUT2D eigenvalue weighted by Gasteiger charge is -2.13. The van der Waals surface area contributed by atoms with E-state index < -0.39 is 0 Å². The number of nitrogen functional groups attached to an aromatic ring is 1. The van der Waals surface area contributed by atoms with E-state index in [2.05, 4.69) is 25.9 Å². The van der Waals surface area contributed by atoms with Gasteiger partial charge in [0.25, 0.3) is 0 Å². The van der Waals surface area contributed by atoms with E-state index in [4.69, 9.17) is 10.5 Å². The number of nitrogens with zero attached hydrogens (tertiary/aromatic N) is 2. The number of nitrogens with two attached hydrogens (primary N) is 1. The molecule has 0 aromatic carbocycles. The molecular weight excluding hydrogens is 258 g/mol. The van der Waals surface area contributed by atoms with Crippen LogP contribution in [0.15, 0.2) is 4.47 Å². The van der Waals surface area contributed by atoms with Crippen LogP contribution in [0.25, 0.3) is 0 Å². The lowest BCUT2D eigenvalue weighted by Crippen LogP contribution is -2.10. The van der Waals surface area contributed by atoms with Gasteiger partial charge < -0.3 is 10.5 Å². The van der Waals surface area contributed by atoms with Crippen molar-refractivity contribution in [3.8, 4) is 0 Å². The van der Waals surface area contributed by atoms with Gasteiger partial charge >= 0.3 is 0 Å². The Morgan fingerprint density at radius 3 is 2.60 bits per heavy atom. The van der Waals surface area contributed by atoms with Gasteiger partial charge in [0, 0.05) is 6.61 Å². The number of ether oxygens (including phenoxy) is 1. The molecule has 4 nitrogen and oxygen atoms in total. The van der Waals surface area contributed by atoms with Crippen LogP contribution < -0.4 is 5.73 Å². The Labute approximate surface area is 98.4 Å². The number of hydrogen-bond donors (Lipinski definition) is 1. The second-order valence-electron chi connectivity index (χ2n) is 3.18. The number of rotatable bonds is 4. The molecule has 1 aromatic heterocycles. The average molecular weight is 274 g/mol. The molecule has 0 amide bonds. The highest BCUT2D eigenvalue weighted by Crippen LogP contribution is 2.24. The molecule has 0 aliphatic carbocycles. The van der Waals surface area contributed by atoms with Crippen LogP contribution in [0.4, 0.5) is 5.82 Å².